The molecule has 1 unspecified atom stereocenters. The lowest BCUT2D eigenvalue weighted by atomic mass is 9.93. The van der Waals surface area contributed by atoms with Gasteiger partial charge >= 0.3 is 0 Å². The van der Waals surface area contributed by atoms with Crippen LogP contribution in [0.2, 0.25) is 5.02 Å². The molecular weight excluding hydrogens is 378 g/mol. The first-order chi connectivity index (χ1) is 13.5. The number of amides is 3. The molecule has 1 atom stereocenters. The van der Waals surface area contributed by atoms with Crippen molar-refractivity contribution in [3.05, 3.63) is 64.2 Å². The van der Waals surface area contributed by atoms with Gasteiger partial charge in [-0.1, -0.05) is 35.9 Å². The number of carbonyl (C=O) groups excluding carboxylic acids is 3. The average Bonchev–Trinajstić information content (AvgIpc) is 3.12. The van der Waals surface area contributed by atoms with E-state index in [1.54, 1.807) is 23.1 Å². The van der Waals surface area contributed by atoms with Crippen LogP contribution in [0.3, 0.4) is 0 Å². The first-order valence-corrected chi connectivity index (χ1v) is 9.60. The summed E-state index contributed by atoms with van der Waals surface area (Å²) in [5, 5.41) is 0.419. The molecule has 1 saturated heterocycles. The number of fused-ring (bicyclic) bond motifs is 1. The number of nitrogens with zero attached hydrogens (tertiary/aromatic N) is 2. The Morgan fingerprint density at radius 1 is 1.11 bits per heavy atom. The maximum Gasteiger partial charge on any atom is 0.254 e. The minimum atomic E-state index is -0.713. The first kappa shape index (κ1) is 18.5. The summed E-state index contributed by atoms with van der Waals surface area (Å²) in [6.45, 7) is 0.889. The standard InChI is InChI=1S/C21H20ClN3O3/c22-16-8-7-14(11-17(16)24-9-3-6-19(24)26)21(28)25-12-15-5-2-1-4-13(15)10-18(25)20(23)27/h1-2,4-5,7-8,11,18H,3,6,9-10,12H2,(H2,23,27). The summed E-state index contributed by atoms with van der Waals surface area (Å²) in [7, 11) is 0. The minimum Gasteiger partial charge on any atom is -0.368 e. The van der Waals surface area contributed by atoms with E-state index in [-0.39, 0.29) is 11.8 Å². The summed E-state index contributed by atoms with van der Waals surface area (Å²) in [6.07, 6.45) is 1.63. The van der Waals surface area contributed by atoms with Crippen LogP contribution in [0.4, 0.5) is 5.69 Å². The smallest absolute Gasteiger partial charge is 0.254 e. The number of primary amides is 1. The van der Waals surface area contributed by atoms with Gasteiger partial charge in [0.1, 0.15) is 6.04 Å². The number of rotatable bonds is 3. The van der Waals surface area contributed by atoms with E-state index in [2.05, 4.69) is 0 Å². The van der Waals surface area contributed by atoms with Crippen LogP contribution in [0.15, 0.2) is 42.5 Å². The Labute approximate surface area is 167 Å². The quantitative estimate of drug-likeness (QED) is 0.863. The molecular formula is C21H20ClN3O3. The van der Waals surface area contributed by atoms with Crippen molar-refractivity contribution in [2.75, 3.05) is 11.4 Å². The van der Waals surface area contributed by atoms with Gasteiger partial charge in [0, 0.05) is 31.5 Å². The van der Waals surface area contributed by atoms with Crippen LogP contribution in [-0.4, -0.2) is 35.2 Å². The summed E-state index contributed by atoms with van der Waals surface area (Å²) in [4.78, 5) is 40.5. The molecule has 0 radical (unpaired) electrons. The Morgan fingerprint density at radius 3 is 2.54 bits per heavy atom. The highest BCUT2D eigenvalue weighted by Gasteiger charge is 2.34. The van der Waals surface area contributed by atoms with Gasteiger partial charge in [-0.3, -0.25) is 14.4 Å². The molecule has 3 amide bonds. The van der Waals surface area contributed by atoms with E-state index in [4.69, 9.17) is 17.3 Å². The molecule has 6 nitrogen and oxygen atoms in total. The Bertz CT molecular complexity index is 975. The third-order valence-corrected chi connectivity index (χ3v) is 5.71. The van der Waals surface area contributed by atoms with Crippen LogP contribution in [0.5, 0.6) is 0 Å². The van der Waals surface area contributed by atoms with E-state index in [0.29, 0.717) is 42.2 Å². The van der Waals surface area contributed by atoms with Gasteiger partial charge < -0.3 is 15.5 Å². The molecule has 1 fully saturated rings. The third-order valence-electron chi connectivity index (χ3n) is 5.40. The Morgan fingerprint density at radius 2 is 1.86 bits per heavy atom. The lowest BCUT2D eigenvalue weighted by Gasteiger charge is -2.35. The number of nitrogens with two attached hydrogens (primary N) is 1. The molecule has 28 heavy (non-hydrogen) atoms. The zero-order valence-corrected chi connectivity index (χ0v) is 16.0. The largest absolute Gasteiger partial charge is 0.368 e. The van der Waals surface area contributed by atoms with Crippen molar-refractivity contribution < 1.29 is 14.4 Å². The average molecular weight is 398 g/mol. The summed E-state index contributed by atoms with van der Waals surface area (Å²) in [5.41, 5.74) is 8.53. The number of halogens is 1. The second-order valence-electron chi connectivity index (χ2n) is 7.14. The van der Waals surface area contributed by atoms with Crippen molar-refractivity contribution in [3.63, 3.8) is 0 Å². The molecule has 4 rings (SSSR count). The van der Waals surface area contributed by atoms with Gasteiger partial charge in [0.2, 0.25) is 11.8 Å². The van der Waals surface area contributed by atoms with E-state index in [1.807, 2.05) is 24.3 Å². The molecule has 144 valence electrons. The predicted molar refractivity (Wildman–Crippen MR) is 106 cm³/mol. The van der Waals surface area contributed by atoms with E-state index in [1.165, 1.54) is 4.90 Å². The Kier molecular flexibility index (Phi) is 4.81. The van der Waals surface area contributed by atoms with Gasteiger partial charge in [-0.25, -0.2) is 0 Å². The van der Waals surface area contributed by atoms with Crippen molar-refractivity contribution in [3.8, 4) is 0 Å². The molecule has 0 saturated carbocycles. The molecule has 0 spiro atoms. The van der Waals surface area contributed by atoms with Gasteiger partial charge in [0.15, 0.2) is 0 Å². The molecule has 2 heterocycles. The molecule has 0 aromatic heterocycles. The van der Waals surface area contributed by atoms with Crippen LogP contribution in [0.25, 0.3) is 0 Å². The summed E-state index contributed by atoms with van der Waals surface area (Å²) >= 11 is 6.29. The number of carbonyl (C=O) groups is 3. The van der Waals surface area contributed by atoms with E-state index < -0.39 is 11.9 Å². The maximum absolute atomic E-state index is 13.3. The van der Waals surface area contributed by atoms with Gasteiger partial charge in [-0.05, 0) is 35.7 Å². The number of anilines is 1. The second-order valence-corrected chi connectivity index (χ2v) is 7.55. The normalized spacial score (nSPS) is 18.9. The zero-order valence-electron chi connectivity index (χ0n) is 15.2. The molecule has 2 aromatic carbocycles. The number of hydrogen-bond donors (Lipinski definition) is 1. The van der Waals surface area contributed by atoms with E-state index in [0.717, 1.165) is 17.5 Å². The first-order valence-electron chi connectivity index (χ1n) is 9.22. The Balaban J connectivity index is 1.68. The second kappa shape index (κ2) is 7.28. The van der Waals surface area contributed by atoms with Crippen molar-refractivity contribution in [1.29, 1.82) is 0 Å². The SMILES string of the molecule is NC(=O)C1Cc2ccccc2CN1C(=O)c1ccc(Cl)c(N2CCCC2=O)c1. The van der Waals surface area contributed by atoms with Gasteiger partial charge in [0.05, 0.1) is 10.7 Å². The summed E-state index contributed by atoms with van der Waals surface area (Å²) in [6, 6.07) is 11.9. The topological polar surface area (TPSA) is 83.7 Å². The molecule has 2 aliphatic heterocycles. The fourth-order valence-corrected chi connectivity index (χ4v) is 4.13. The molecule has 2 N–H and O–H groups in total. The zero-order chi connectivity index (χ0) is 19.8. The van der Waals surface area contributed by atoms with Crippen molar-refractivity contribution in [2.24, 2.45) is 5.73 Å². The highest BCUT2D eigenvalue weighted by Crippen LogP contribution is 2.32. The summed E-state index contributed by atoms with van der Waals surface area (Å²) in [5.74, 6) is -0.844. The molecule has 2 aromatic rings. The lowest BCUT2D eigenvalue weighted by molar-refractivity contribution is -0.123. The van der Waals surface area contributed by atoms with Crippen LogP contribution < -0.4 is 10.6 Å². The third kappa shape index (κ3) is 3.24. The monoisotopic (exact) mass is 397 g/mol. The van der Waals surface area contributed by atoms with Crippen molar-refractivity contribution in [1.82, 2.24) is 4.90 Å². The van der Waals surface area contributed by atoms with E-state index >= 15 is 0 Å². The number of hydrogen-bond acceptors (Lipinski definition) is 3. The lowest BCUT2D eigenvalue weighted by Crippen LogP contribution is -2.51. The fraction of sp³-hybridized carbons (Fsp3) is 0.286. The maximum atomic E-state index is 13.3. The summed E-state index contributed by atoms with van der Waals surface area (Å²) < 4.78 is 0. The highest BCUT2D eigenvalue weighted by atomic mass is 35.5. The predicted octanol–water partition coefficient (Wildman–Crippen LogP) is 2.52. The fourth-order valence-electron chi connectivity index (χ4n) is 3.91. The molecule has 0 aliphatic carbocycles. The van der Waals surface area contributed by atoms with Gasteiger partial charge in [-0.2, -0.15) is 0 Å². The highest BCUT2D eigenvalue weighted by molar-refractivity contribution is 6.34. The minimum absolute atomic E-state index is 0.00610. The number of benzene rings is 2. The van der Waals surface area contributed by atoms with Gasteiger partial charge in [-0.15, -0.1) is 0 Å². The van der Waals surface area contributed by atoms with Crippen LogP contribution in [0, 0.1) is 0 Å². The van der Waals surface area contributed by atoms with Crippen molar-refractivity contribution in [2.45, 2.75) is 31.8 Å². The van der Waals surface area contributed by atoms with Gasteiger partial charge in [0.25, 0.3) is 5.91 Å². The Hall–Kier alpha value is -2.86. The van der Waals surface area contributed by atoms with E-state index in [9.17, 15) is 14.4 Å². The molecule has 0 bridgehead atoms. The molecule has 2 aliphatic rings. The van der Waals surface area contributed by atoms with Crippen LogP contribution in [-0.2, 0) is 22.6 Å². The van der Waals surface area contributed by atoms with Crippen LogP contribution in [0.1, 0.15) is 34.3 Å². The van der Waals surface area contributed by atoms with Crippen molar-refractivity contribution >= 4 is 35.0 Å². The van der Waals surface area contributed by atoms with Crippen LogP contribution >= 0.6 is 11.6 Å². The molecule has 7 heteroatoms.